The molecular weight excluding hydrogens is 269 g/mol. The van der Waals surface area contributed by atoms with Gasteiger partial charge in [0, 0.05) is 29.1 Å². The van der Waals surface area contributed by atoms with Gasteiger partial charge in [-0.3, -0.25) is 4.79 Å². The van der Waals surface area contributed by atoms with E-state index in [9.17, 15) is 9.18 Å². The Morgan fingerprint density at radius 1 is 1.19 bits per heavy atom. The lowest BCUT2D eigenvalue weighted by atomic mass is 10.0. The molecule has 0 saturated heterocycles. The van der Waals surface area contributed by atoms with Gasteiger partial charge in [-0.15, -0.1) is 0 Å². The van der Waals surface area contributed by atoms with E-state index >= 15 is 0 Å². The molecule has 0 aliphatic rings. The first-order chi connectivity index (χ1) is 10.2. The van der Waals surface area contributed by atoms with Gasteiger partial charge in [-0.05, 0) is 35.9 Å². The van der Waals surface area contributed by atoms with Crippen molar-refractivity contribution in [3.05, 3.63) is 65.6 Å². The Bertz CT molecular complexity index is 790. The summed E-state index contributed by atoms with van der Waals surface area (Å²) < 4.78 is 18.4. The minimum atomic E-state index is -0.347. The average molecular weight is 283 g/mol. The third-order valence-electron chi connectivity index (χ3n) is 3.47. The van der Waals surface area contributed by atoms with Crippen molar-refractivity contribution in [3.8, 4) is 5.75 Å². The van der Waals surface area contributed by atoms with Crippen molar-refractivity contribution in [2.75, 3.05) is 7.11 Å². The number of halogens is 1. The molecule has 4 heteroatoms. The molecule has 0 spiro atoms. The molecule has 1 N–H and O–H groups in total. The van der Waals surface area contributed by atoms with E-state index in [1.807, 2.05) is 24.3 Å². The van der Waals surface area contributed by atoms with E-state index in [0.29, 0.717) is 10.9 Å². The van der Waals surface area contributed by atoms with Crippen LogP contribution in [0.25, 0.3) is 10.9 Å². The van der Waals surface area contributed by atoms with E-state index in [2.05, 4.69) is 4.98 Å². The van der Waals surface area contributed by atoms with Crippen LogP contribution in [0.1, 0.15) is 15.9 Å². The van der Waals surface area contributed by atoms with Gasteiger partial charge < -0.3 is 9.72 Å². The maximum Gasteiger partial charge on any atom is 0.169 e. The third kappa shape index (κ3) is 2.65. The lowest BCUT2D eigenvalue weighted by Crippen LogP contribution is -2.02. The lowest BCUT2D eigenvalue weighted by Gasteiger charge is -2.03. The first-order valence-corrected chi connectivity index (χ1v) is 6.60. The summed E-state index contributed by atoms with van der Waals surface area (Å²) in [5.41, 5.74) is 2.17. The Balaban J connectivity index is 1.87. The van der Waals surface area contributed by atoms with Gasteiger partial charge in [0.05, 0.1) is 7.11 Å². The summed E-state index contributed by atoms with van der Waals surface area (Å²) in [6, 6.07) is 11.7. The smallest absolute Gasteiger partial charge is 0.169 e. The molecule has 0 aliphatic carbocycles. The highest BCUT2D eigenvalue weighted by molar-refractivity contribution is 6.08. The van der Waals surface area contributed by atoms with Crippen LogP contribution in [0.4, 0.5) is 4.39 Å². The van der Waals surface area contributed by atoms with Gasteiger partial charge in [0.15, 0.2) is 5.78 Å². The Hall–Kier alpha value is -2.62. The first kappa shape index (κ1) is 13.4. The third-order valence-corrected chi connectivity index (χ3v) is 3.47. The number of methoxy groups -OCH3 is 1. The van der Waals surface area contributed by atoms with E-state index in [0.717, 1.165) is 16.8 Å². The Morgan fingerprint density at radius 2 is 1.95 bits per heavy atom. The highest BCUT2D eigenvalue weighted by Crippen LogP contribution is 2.21. The summed E-state index contributed by atoms with van der Waals surface area (Å²) in [6.45, 7) is 0. The number of ketones is 1. The van der Waals surface area contributed by atoms with Gasteiger partial charge in [0.25, 0.3) is 0 Å². The van der Waals surface area contributed by atoms with E-state index in [-0.39, 0.29) is 18.0 Å². The quantitative estimate of drug-likeness (QED) is 0.741. The molecule has 0 fully saturated rings. The summed E-state index contributed by atoms with van der Waals surface area (Å²) in [5, 5.41) is 0.619. The summed E-state index contributed by atoms with van der Waals surface area (Å²) in [7, 11) is 1.60. The SMILES string of the molecule is COc1ccc(CC(=O)c2c[nH]c3ccc(F)cc23)cc1. The van der Waals surface area contributed by atoms with E-state index in [1.54, 1.807) is 19.4 Å². The monoisotopic (exact) mass is 283 g/mol. The van der Waals surface area contributed by atoms with Crippen LogP contribution in [0, 0.1) is 5.82 Å². The molecule has 0 aliphatic heterocycles. The van der Waals surface area contributed by atoms with Gasteiger partial charge in [0.2, 0.25) is 0 Å². The number of aromatic amines is 1. The Kier molecular flexibility index (Phi) is 3.44. The number of carbonyl (C=O) groups excluding carboxylic acids is 1. The second kappa shape index (κ2) is 5.40. The number of rotatable bonds is 4. The fourth-order valence-corrected chi connectivity index (χ4v) is 2.35. The Labute approximate surface area is 121 Å². The molecule has 106 valence electrons. The predicted molar refractivity (Wildman–Crippen MR) is 79.3 cm³/mol. The molecule has 21 heavy (non-hydrogen) atoms. The number of hydrogen-bond acceptors (Lipinski definition) is 2. The number of ether oxygens (including phenoxy) is 1. The summed E-state index contributed by atoms with van der Waals surface area (Å²) in [5.74, 6) is 0.359. The highest BCUT2D eigenvalue weighted by Gasteiger charge is 2.13. The first-order valence-electron chi connectivity index (χ1n) is 6.60. The normalized spacial score (nSPS) is 10.8. The van der Waals surface area contributed by atoms with Crippen molar-refractivity contribution in [1.82, 2.24) is 4.98 Å². The van der Waals surface area contributed by atoms with Crippen LogP contribution < -0.4 is 4.74 Å². The number of benzene rings is 2. The van der Waals surface area contributed by atoms with Crippen LogP contribution in [0.3, 0.4) is 0 Å². The number of hydrogen-bond donors (Lipinski definition) is 1. The standard InChI is InChI=1S/C17H14FNO2/c1-21-13-5-2-11(3-6-13)8-17(20)15-10-19-16-7-4-12(18)9-14(15)16/h2-7,9-10,19H,8H2,1H3. The lowest BCUT2D eigenvalue weighted by molar-refractivity contribution is 0.0994. The van der Waals surface area contributed by atoms with Crippen LogP contribution in [0.15, 0.2) is 48.7 Å². The minimum Gasteiger partial charge on any atom is -0.497 e. The van der Waals surface area contributed by atoms with Crippen LogP contribution in [0.2, 0.25) is 0 Å². The zero-order valence-corrected chi connectivity index (χ0v) is 11.5. The molecule has 0 saturated carbocycles. The van der Waals surface area contributed by atoms with E-state index in [4.69, 9.17) is 4.74 Å². The molecule has 0 atom stereocenters. The minimum absolute atomic E-state index is 0.0444. The topological polar surface area (TPSA) is 42.1 Å². The summed E-state index contributed by atoms with van der Waals surface area (Å²) >= 11 is 0. The molecule has 0 unspecified atom stereocenters. The van der Waals surface area contributed by atoms with Crippen molar-refractivity contribution < 1.29 is 13.9 Å². The van der Waals surface area contributed by atoms with Crippen LogP contribution >= 0.6 is 0 Å². The number of carbonyl (C=O) groups is 1. The highest BCUT2D eigenvalue weighted by atomic mass is 19.1. The number of H-pyrrole nitrogens is 1. The number of nitrogens with one attached hydrogen (secondary N) is 1. The maximum absolute atomic E-state index is 13.3. The van der Waals surface area contributed by atoms with E-state index < -0.39 is 0 Å². The zero-order valence-electron chi connectivity index (χ0n) is 11.5. The van der Waals surface area contributed by atoms with Gasteiger partial charge in [-0.2, -0.15) is 0 Å². The molecule has 3 rings (SSSR count). The van der Waals surface area contributed by atoms with Gasteiger partial charge in [-0.1, -0.05) is 12.1 Å². The van der Waals surface area contributed by atoms with Gasteiger partial charge in [-0.25, -0.2) is 4.39 Å². The molecule has 0 amide bonds. The molecule has 0 radical (unpaired) electrons. The summed E-state index contributed by atoms with van der Waals surface area (Å²) in [4.78, 5) is 15.4. The molecule has 3 nitrogen and oxygen atoms in total. The summed E-state index contributed by atoms with van der Waals surface area (Å²) in [6.07, 6.45) is 1.91. The van der Waals surface area contributed by atoms with Crippen molar-refractivity contribution in [3.63, 3.8) is 0 Å². The molecule has 2 aromatic carbocycles. The van der Waals surface area contributed by atoms with Crippen LogP contribution in [-0.2, 0) is 6.42 Å². The van der Waals surface area contributed by atoms with Crippen molar-refractivity contribution in [1.29, 1.82) is 0 Å². The number of aromatic nitrogens is 1. The Morgan fingerprint density at radius 3 is 2.67 bits per heavy atom. The molecule has 1 heterocycles. The van der Waals surface area contributed by atoms with Crippen molar-refractivity contribution in [2.45, 2.75) is 6.42 Å². The number of fused-ring (bicyclic) bond motifs is 1. The van der Waals surface area contributed by atoms with Gasteiger partial charge in [0.1, 0.15) is 11.6 Å². The van der Waals surface area contributed by atoms with Crippen molar-refractivity contribution >= 4 is 16.7 Å². The average Bonchev–Trinajstić information content (AvgIpc) is 2.91. The molecule has 3 aromatic rings. The molecule has 1 aromatic heterocycles. The van der Waals surface area contributed by atoms with Crippen molar-refractivity contribution in [2.24, 2.45) is 0 Å². The number of Topliss-reactive ketones (excluding diaryl/α,β-unsaturated/α-hetero) is 1. The fraction of sp³-hybridized carbons (Fsp3) is 0.118. The maximum atomic E-state index is 13.3. The second-order valence-corrected chi connectivity index (χ2v) is 4.84. The largest absolute Gasteiger partial charge is 0.497 e. The zero-order chi connectivity index (χ0) is 14.8. The molecule has 0 bridgehead atoms. The van der Waals surface area contributed by atoms with E-state index in [1.165, 1.54) is 12.1 Å². The van der Waals surface area contributed by atoms with Crippen LogP contribution in [0.5, 0.6) is 5.75 Å². The predicted octanol–water partition coefficient (Wildman–Crippen LogP) is 3.74. The fourth-order valence-electron chi connectivity index (χ4n) is 2.35. The second-order valence-electron chi connectivity index (χ2n) is 4.84. The van der Waals surface area contributed by atoms with Crippen LogP contribution in [-0.4, -0.2) is 17.9 Å². The molecular formula is C17H14FNO2. The van der Waals surface area contributed by atoms with Gasteiger partial charge >= 0.3 is 0 Å².